The number of H-pyrrole nitrogens is 1. The first-order valence-electron chi connectivity index (χ1n) is 8.90. The smallest absolute Gasteiger partial charge is 0.271 e. The highest BCUT2D eigenvalue weighted by Crippen LogP contribution is 2.20. The third kappa shape index (κ3) is 5.09. The van der Waals surface area contributed by atoms with Crippen LogP contribution in [0.4, 0.5) is 0 Å². The summed E-state index contributed by atoms with van der Waals surface area (Å²) < 4.78 is 0. The lowest BCUT2D eigenvalue weighted by Crippen LogP contribution is -2.36. The van der Waals surface area contributed by atoms with E-state index in [-0.39, 0.29) is 5.91 Å². The molecule has 134 valence electrons. The summed E-state index contributed by atoms with van der Waals surface area (Å²) in [5.74, 6) is 1.43. The largest absolute Gasteiger partial charge is 0.351 e. The molecular formula is C18H26N6O. The van der Waals surface area contributed by atoms with E-state index in [9.17, 15) is 4.79 Å². The second kappa shape index (κ2) is 8.20. The lowest BCUT2D eigenvalue weighted by Gasteiger charge is -2.32. The fraction of sp³-hybridized carbons (Fsp3) is 0.556. The molecule has 2 aromatic heterocycles. The zero-order valence-corrected chi connectivity index (χ0v) is 15.0. The Morgan fingerprint density at radius 2 is 2.16 bits per heavy atom. The Labute approximate surface area is 148 Å². The second-order valence-corrected chi connectivity index (χ2v) is 6.82. The van der Waals surface area contributed by atoms with Gasteiger partial charge in [0.05, 0.1) is 11.9 Å². The summed E-state index contributed by atoms with van der Waals surface area (Å²) in [6.45, 7) is 7.62. The molecule has 0 aliphatic carbocycles. The fourth-order valence-electron chi connectivity index (χ4n) is 3.31. The molecule has 2 N–H and O–H groups in total. The first-order chi connectivity index (χ1) is 12.1. The van der Waals surface area contributed by atoms with Gasteiger partial charge >= 0.3 is 0 Å². The van der Waals surface area contributed by atoms with Gasteiger partial charge in [0, 0.05) is 37.7 Å². The molecule has 2 aromatic rings. The number of hydrogen-bond donors (Lipinski definition) is 2. The summed E-state index contributed by atoms with van der Waals surface area (Å²) in [4.78, 5) is 30.3. The van der Waals surface area contributed by atoms with Crippen molar-refractivity contribution in [3.05, 3.63) is 41.5 Å². The maximum atomic E-state index is 12.1. The van der Waals surface area contributed by atoms with Crippen LogP contribution in [0, 0.1) is 19.8 Å². The number of aromatic amines is 1. The summed E-state index contributed by atoms with van der Waals surface area (Å²) in [6, 6.07) is 0. The van der Waals surface area contributed by atoms with Crippen molar-refractivity contribution in [2.24, 2.45) is 5.92 Å². The molecule has 7 nitrogen and oxygen atoms in total. The minimum atomic E-state index is -0.145. The SMILES string of the molecule is Cc1cnc(C(=O)NCCC2CCCN(Cc3cnc(C)[nH]3)C2)cn1. The van der Waals surface area contributed by atoms with Crippen LogP contribution in [0.5, 0.6) is 0 Å². The minimum Gasteiger partial charge on any atom is -0.351 e. The van der Waals surface area contributed by atoms with E-state index in [2.05, 4.69) is 30.2 Å². The normalized spacial score (nSPS) is 18.2. The third-order valence-corrected chi connectivity index (χ3v) is 4.60. The van der Waals surface area contributed by atoms with Crippen molar-refractivity contribution in [1.29, 1.82) is 0 Å². The topological polar surface area (TPSA) is 86.8 Å². The van der Waals surface area contributed by atoms with Crippen LogP contribution >= 0.6 is 0 Å². The number of nitrogens with zero attached hydrogens (tertiary/aromatic N) is 4. The Morgan fingerprint density at radius 1 is 1.28 bits per heavy atom. The van der Waals surface area contributed by atoms with Crippen molar-refractivity contribution in [1.82, 2.24) is 30.2 Å². The summed E-state index contributed by atoms with van der Waals surface area (Å²) in [5, 5.41) is 2.96. The van der Waals surface area contributed by atoms with E-state index < -0.39 is 0 Å². The molecule has 0 spiro atoms. The van der Waals surface area contributed by atoms with Crippen LogP contribution < -0.4 is 5.32 Å². The van der Waals surface area contributed by atoms with Gasteiger partial charge in [-0.3, -0.25) is 14.7 Å². The highest BCUT2D eigenvalue weighted by Gasteiger charge is 2.20. The number of carbonyl (C=O) groups excluding carboxylic acids is 1. The number of imidazole rings is 1. The van der Waals surface area contributed by atoms with Crippen LogP contribution in [0.3, 0.4) is 0 Å². The van der Waals surface area contributed by atoms with Gasteiger partial charge in [-0.1, -0.05) is 0 Å². The molecule has 1 fully saturated rings. The monoisotopic (exact) mass is 342 g/mol. The average Bonchev–Trinajstić information content (AvgIpc) is 3.00. The number of amides is 1. The minimum absolute atomic E-state index is 0.145. The van der Waals surface area contributed by atoms with Crippen molar-refractivity contribution < 1.29 is 4.79 Å². The van der Waals surface area contributed by atoms with Crippen LogP contribution in [-0.4, -0.2) is 50.4 Å². The average molecular weight is 342 g/mol. The molecule has 1 aliphatic rings. The van der Waals surface area contributed by atoms with Gasteiger partial charge in [0.1, 0.15) is 11.5 Å². The first kappa shape index (κ1) is 17.5. The van der Waals surface area contributed by atoms with Crippen molar-refractivity contribution in [2.45, 2.75) is 39.7 Å². The highest BCUT2D eigenvalue weighted by atomic mass is 16.1. The Bertz CT molecular complexity index is 696. The van der Waals surface area contributed by atoms with E-state index in [0.29, 0.717) is 18.2 Å². The number of hydrogen-bond acceptors (Lipinski definition) is 5. The van der Waals surface area contributed by atoms with Gasteiger partial charge in [-0.2, -0.15) is 0 Å². The molecule has 1 unspecified atom stereocenters. The van der Waals surface area contributed by atoms with Gasteiger partial charge in [-0.25, -0.2) is 9.97 Å². The Hall–Kier alpha value is -2.28. The lowest BCUT2D eigenvalue weighted by atomic mass is 9.94. The quantitative estimate of drug-likeness (QED) is 0.836. The molecule has 3 rings (SSSR count). The lowest BCUT2D eigenvalue weighted by molar-refractivity contribution is 0.0941. The van der Waals surface area contributed by atoms with Crippen LogP contribution in [0.2, 0.25) is 0 Å². The number of piperidine rings is 1. The number of nitrogens with one attached hydrogen (secondary N) is 2. The van der Waals surface area contributed by atoms with E-state index in [0.717, 1.165) is 37.6 Å². The maximum Gasteiger partial charge on any atom is 0.271 e. The summed E-state index contributed by atoms with van der Waals surface area (Å²) in [6.07, 6.45) is 8.48. The number of aryl methyl sites for hydroxylation is 2. The predicted octanol–water partition coefficient (Wildman–Crippen LogP) is 1.85. The molecule has 1 amide bonds. The van der Waals surface area contributed by atoms with Gasteiger partial charge in [0.25, 0.3) is 5.91 Å². The molecule has 0 aromatic carbocycles. The van der Waals surface area contributed by atoms with Crippen LogP contribution in [0.15, 0.2) is 18.6 Å². The van der Waals surface area contributed by atoms with Crippen LogP contribution in [0.25, 0.3) is 0 Å². The fourth-order valence-corrected chi connectivity index (χ4v) is 3.31. The molecule has 0 bridgehead atoms. The molecule has 1 aliphatic heterocycles. The number of carbonyl (C=O) groups is 1. The third-order valence-electron chi connectivity index (χ3n) is 4.60. The molecule has 1 atom stereocenters. The molecule has 1 saturated heterocycles. The van der Waals surface area contributed by atoms with Crippen molar-refractivity contribution in [3.63, 3.8) is 0 Å². The van der Waals surface area contributed by atoms with E-state index in [1.165, 1.54) is 24.7 Å². The van der Waals surface area contributed by atoms with E-state index >= 15 is 0 Å². The van der Waals surface area contributed by atoms with E-state index in [1.807, 2.05) is 20.0 Å². The maximum absolute atomic E-state index is 12.1. The molecule has 7 heteroatoms. The van der Waals surface area contributed by atoms with Gasteiger partial charge in [0.15, 0.2) is 0 Å². The molecule has 25 heavy (non-hydrogen) atoms. The first-order valence-corrected chi connectivity index (χ1v) is 8.90. The van der Waals surface area contributed by atoms with Gasteiger partial charge in [-0.15, -0.1) is 0 Å². The number of rotatable bonds is 6. The van der Waals surface area contributed by atoms with Gasteiger partial charge in [0.2, 0.25) is 0 Å². The second-order valence-electron chi connectivity index (χ2n) is 6.82. The van der Waals surface area contributed by atoms with Gasteiger partial charge in [-0.05, 0) is 45.6 Å². The predicted molar refractivity (Wildman–Crippen MR) is 95.0 cm³/mol. The molecule has 0 saturated carbocycles. The Morgan fingerprint density at radius 3 is 2.88 bits per heavy atom. The zero-order valence-electron chi connectivity index (χ0n) is 15.0. The summed E-state index contributed by atoms with van der Waals surface area (Å²) in [5.41, 5.74) is 2.36. The molecule has 3 heterocycles. The standard InChI is InChI=1S/C18H26N6O/c1-13-8-22-17(10-20-13)18(25)19-6-5-15-4-3-7-24(11-15)12-16-9-21-14(2)23-16/h8-10,15H,3-7,11-12H2,1-2H3,(H,19,25)(H,21,23). The van der Waals surface area contributed by atoms with Crippen molar-refractivity contribution in [2.75, 3.05) is 19.6 Å². The Kier molecular flexibility index (Phi) is 5.75. The molecule has 0 radical (unpaired) electrons. The summed E-state index contributed by atoms with van der Waals surface area (Å²) >= 11 is 0. The van der Waals surface area contributed by atoms with E-state index in [1.54, 1.807) is 6.20 Å². The van der Waals surface area contributed by atoms with Gasteiger partial charge < -0.3 is 10.3 Å². The zero-order chi connectivity index (χ0) is 17.6. The van der Waals surface area contributed by atoms with Crippen LogP contribution in [-0.2, 0) is 6.54 Å². The van der Waals surface area contributed by atoms with Crippen molar-refractivity contribution >= 4 is 5.91 Å². The highest BCUT2D eigenvalue weighted by molar-refractivity contribution is 5.91. The number of aromatic nitrogens is 4. The number of likely N-dealkylation sites (tertiary alicyclic amines) is 1. The summed E-state index contributed by atoms with van der Waals surface area (Å²) in [7, 11) is 0. The van der Waals surface area contributed by atoms with Crippen LogP contribution in [0.1, 0.15) is 47.0 Å². The van der Waals surface area contributed by atoms with Crippen molar-refractivity contribution in [3.8, 4) is 0 Å². The van der Waals surface area contributed by atoms with E-state index in [4.69, 9.17) is 0 Å². The Balaban J connectivity index is 1.42. The molecular weight excluding hydrogens is 316 g/mol.